The van der Waals surface area contributed by atoms with Gasteiger partial charge >= 0.3 is 6.18 Å². The van der Waals surface area contributed by atoms with Crippen LogP contribution >= 0.6 is 15.9 Å². The summed E-state index contributed by atoms with van der Waals surface area (Å²) in [5, 5.41) is 9.07. The van der Waals surface area contributed by atoms with Crippen LogP contribution in [0.2, 0.25) is 0 Å². The number of rotatable bonds is 3. The van der Waals surface area contributed by atoms with E-state index < -0.39 is 11.7 Å². The smallest absolute Gasteiger partial charge is 0.380 e. The van der Waals surface area contributed by atoms with Crippen molar-refractivity contribution in [3.8, 4) is 0 Å². The van der Waals surface area contributed by atoms with Crippen molar-refractivity contribution in [1.29, 1.82) is 0 Å². The zero-order chi connectivity index (χ0) is 13.2. The van der Waals surface area contributed by atoms with E-state index in [-0.39, 0.29) is 12.2 Å². The first kappa shape index (κ1) is 12.9. The second-order valence-electron chi connectivity index (χ2n) is 3.65. The van der Waals surface area contributed by atoms with Gasteiger partial charge in [0.05, 0.1) is 11.8 Å². The third-order valence-electron chi connectivity index (χ3n) is 2.32. The molecule has 96 valence electrons. The van der Waals surface area contributed by atoms with E-state index in [1.807, 2.05) is 0 Å². The molecule has 0 fully saturated rings. The number of nitrogens with one attached hydrogen (secondary N) is 2. The molecule has 0 aliphatic rings. The summed E-state index contributed by atoms with van der Waals surface area (Å²) in [6.45, 7) is 0.279. The fourth-order valence-electron chi connectivity index (χ4n) is 1.48. The van der Waals surface area contributed by atoms with Crippen molar-refractivity contribution in [3.63, 3.8) is 0 Å². The van der Waals surface area contributed by atoms with Crippen LogP contribution in [0.3, 0.4) is 0 Å². The molecule has 7 heteroatoms. The van der Waals surface area contributed by atoms with Crippen LogP contribution < -0.4 is 5.32 Å². The first-order valence-corrected chi connectivity index (χ1v) is 5.84. The first-order valence-electron chi connectivity index (χ1n) is 5.05. The van der Waals surface area contributed by atoms with E-state index in [1.165, 1.54) is 6.07 Å². The van der Waals surface area contributed by atoms with E-state index >= 15 is 0 Å². The molecule has 0 saturated heterocycles. The van der Waals surface area contributed by atoms with Crippen molar-refractivity contribution in [1.82, 2.24) is 10.2 Å². The van der Waals surface area contributed by atoms with E-state index in [2.05, 4.69) is 31.4 Å². The molecule has 0 spiro atoms. The molecule has 0 saturated carbocycles. The summed E-state index contributed by atoms with van der Waals surface area (Å²) in [4.78, 5) is 0. The van der Waals surface area contributed by atoms with Crippen molar-refractivity contribution in [2.24, 2.45) is 0 Å². The van der Waals surface area contributed by atoms with Crippen molar-refractivity contribution < 1.29 is 13.2 Å². The van der Waals surface area contributed by atoms with Gasteiger partial charge in [-0.3, -0.25) is 5.10 Å². The van der Waals surface area contributed by atoms with Gasteiger partial charge in [0.1, 0.15) is 0 Å². The minimum absolute atomic E-state index is 0.0481. The predicted octanol–water partition coefficient (Wildman–Crippen LogP) is 3.80. The van der Waals surface area contributed by atoms with E-state index in [4.69, 9.17) is 0 Å². The monoisotopic (exact) mass is 319 g/mol. The average molecular weight is 320 g/mol. The minimum Gasteiger partial charge on any atom is -0.380 e. The van der Waals surface area contributed by atoms with Crippen LogP contribution in [0.15, 0.2) is 35.1 Å². The predicted molar refractivity (Wildman–Crippen MR) is 65.1 cm³/mol. The maximum atomic E-state index is 12.8. The van der Waals surface area contributed by atoms with Crippen LogP contribution in [0.1, 0.15) is 11.1 Å². The standard InChI is InChI=1S/C11H9BrF3N3/c12-8-1-2-10(9(3-8)11(13,14)15)16-4-7-5-17-18-6-7/h1-3,5-6,16H,4H2,(H,17,18). The molecule has 0 amide bonds. The first-order chi connectivity index (χ1) is 8.47. The van der Waals surface area contributed by atoms with Crippen LogP contribution in [0.25, 0.3) is 0 Å². The highest BCUT2D eigenvalue weighted by Gasteiger charge is 2.33. The Morgan fingerprint density at radius 3 is 2.72 bits per heavy atom. The summed E-state index contributed by atoms with van der Waals surface area (Å²) in [6.07, 6.45) is -1.21. The lowest BCUT2D eigenvalue weighted by atomic mass is 10.1. The third kappa shape index (κ3) is 3.04. The van der Waals surface area contributed by atoms with Gasteiger partial charge in [-0.05, 0) is 18.2 Å². The van der Waals surface area contributed by atoms with Gasteiger partial charge in [0.15, 0.2) is 0 Å². The highest BCUT2D eigenvalue weighted by atomic mass is 79.9. The largest absolute Gasteiger partial charge is 0.418 e. The molecule has 2 N–H and O–H groups in total. The molecular weight excluding hydrogens is 311 g/mol. The molecule has 1 aromatic heterocycles. The summed E-state index contributed by atoms with van der Waals surface area (Å²) in [7, 11) is 0. The van der Waals surface area contributed by atoms with Crippen molar-refractivity contribution >= 4 is 21.6 Å². The Kier molecular flexibility index (Phi) is 3.60. The van der Waals surface area contributed by atoms with Crippen LogP contribution in [0.5, 0.6) is 0 Å². The molecule has 3 nitrogen and oxygen atoms in total. The van der Waals surface area contributed by atoms with Crippen molar-refractivity contribution in [2.45, 2.75) is 12.7 Å². The molecule has 0 bridgehead atoms. The second kappa shape index (κ2) is 5.01. The second-order valence-corrected chi connectivity index (χ2v) is 4.56. The van der Waals surface area contributed by atoms with Gasteiger partial charge in [-0.2, -0.15) is 18.3 Å². The Labute approximate surface area is 110 Å². The molecule has 2 rings (SSSR count). The summed E-state index contributed by atoms with van der Waals surface area (Å²) in [6, 6.07) is 4.01. The number of hydrogen-bond donors (Lipinski definition) is 2. The lowest BCUT2D eigenvalue weighted by molar-refractivity contribution is -0.137. The number of aromatic amines is 1. The van der Waals surface area contributed by atoms with Gasteiger partial charge in [0.2, 0.25) is 0 Å². The normalized spacial score (nSPS) is 11.6. The van der Waals surface area contributed by atoms with Gasteiger partial charge in [-0.15, -0.1) is 0 Å². The summed E-state index contributed by atoms with van der Waals surface area (Å²) in [5.41, 5.74) is 0.137. The van der Waals surface area contributed by atoms with E-state index in [0.29, 0.717) is 4.47 Å². The third-order valence-corrected chi connectivity index (χ3v) is 2.82. The maximum Gasteiger partial charge on any atom is 0.418 e. The number of halogens is 4. The fraction of sp³-hybridized carbons (Fsp3) is 0.182. The molecule has 0 unspecified atom stereocenters. The molecule has 18 heavy (non-hydrogen) atoms. The zero-order valence-electron chi connectivity index (χ0n) is 9.05. The lowest BCUT2D eigenvalue weighted by Crippen LogP contribution is -2.10. The summed E-state index contributed by atoms with van der Waals surface area (Å²) < 4.78 is 38.8. The maximum absolute atomic E-state index is 12.8. The van der Waals surface area contributed by atoms with Gasteiger partial charge in [-0.1, -0.05) is 15.9 Å². The molecule has 0 radical (unpaired) electrons. The number of hydrogen-bond acceptors (Lipinski definition) is 2. The van der Waals surface area contributed by atoms with Crippen LogP contribution in [-0.2, 0) is 12.7 Å². The Bertz CT molecular complexity index is 523. The number of H-pyrrole nitrogens is 1. The fourth-order valence-corrected chi connectivity index (χ4v) is 1.84. The SMILES string of the molecule is FC(F)(F)c1cc(Br)ccc1NCc1cn[nH]c1. The molecule has 0 aliphatic carbocycles. The number of aromatic nitrogens is 2. The molecule has 2 aromatic rings. The van der Waals surface area contributed by atoms with Gasteiger partial charge in [-0.25, -0.2) is 0 Å². The molecule has 1 aromatic carbocycles. The highest BCUT2D eigenvalue weighted by Crippen LogP contribution is 2.36. The number of benzene rings is 1. The van der Waals surface area contributed by atoms with Crippen molar-refractivity contribution in [3.05, 3.63) is 46.2 Å². The number of alkyl halides is 3. The molecular formula is C11H9BrF3N3. The Balaban J connectivity index is 2.22. The van der Waals surface area contributed by atoms with E-state index in [9.17, 15) is 13.2 Å². The lowest BCUT2D eigenvalue weighted by Gasteiger charge is -2.14. The molecule has 0 aliphatic heterocycles. The van der Waals surface area contributed by atoms with Gasteiger partial charge in [0.25, 0.3) is 0 Å². The Hall–Kier alpha value is -1.50. The Morgan fingerprint density at radius 2 is 2.11 bits per heavy atom. The van der Waals surface area contributed by atoms with Crippen molar-refractivity contribution in [2.75, 3.05) is 5.32 Å². The Morgan fingerprint density at radius 1 is 1.33 bits per heavy atom. The zero-order valence-corrected chi connectivity index (χ0v) is 10.6. The van der Waals surface area contributed by atoms with E-state index in [1.54, 1.807) is 18.5 Å². The van der Waals surface area contributed by atoms with Crippen LogP contribution in [0.4, 0.5) is 18.9 Å². The van der Waals surface area contributed by atoms with Crippen LogP contribution in [0, 0.1) is 0 Å². The number of nitrogens with zero attached hydrogens (tertiary/aromatic N) is 1. The topological polar surface area (TPSA) is 40.7 Å². The number of anilines is 1. The summed E-state index contributed by atoms with van der Waals surface area (Å²) in [5.74, 6) is 0. The van der Waals surface area contributed by atoms with Crippen LogP contribution in [-0.4, -0.2) is 10.2 Å². The van der Waals surface area contributed by atoms with E-state index in [0.717, 1.165) is 11.6 Å². The summed E-state index contributed by atoms with van der Waals surface area (Å²) >= 11 is 3.04. The quantitative estimate of drug-likeness (QED) is 0.903. The average Bonchev–Trinajstić information content (AvgIpc) is 2.79. The van der Waals surface area contributed by atoms with Gasteiger partial charge in [0, 0.05) is 28.5 Å². The molecule has 0 atom stereocenters. The van der Waals surface area contributed by atoms with Gasteiger partial charge < -0.3 is 5.32 Å². The minimum atomic E-state index is -4.39. The molecule has 1 heterocycles. The highest BCUT2D eigenvalue weighted by molar-refractivity contribution is 9.10.